The summed E-state index contributed by atoms with van der Waals surface area (Å²) in [5.74, 6) is 0.159. The summed E-state index contributed by atoms with van der Waals surface area (Å²) in [6.45, 7) is 0.538. The molecular formula is C29H25F2N3O5. The number of methoxy groups -OCH3 is 1. The highest BCUT2D eigenvalue weighted by Gasteiger charge is 2.43. The van der Waals surface area contributed by atoms with Crippen LogP contribution in [-0.4, -0.2) is 53.8 Å². The van der Waals surface area contributed by atoms with Crippen molar-refractivity contribution in [2.45, 2.75) is 25.3 Å². The minimum Gasteiger partial charge on any atom is -0.497 e. The molecule has 1 atom stereocenters. The van der Waals surface area contributed by atoms with Crippen LogP contribution < -0.4 is 19.5 Å². The molecule has 2 aliphatic rings. The van der Waals surface area contributed by atoms with E-state index in [9.17, 15) is 18.4 Å². The van der Waals surface area contributed by atoms with E-state index in [4.69, 9.17) is 4.74 Å². The maximum Gasteiger partial charge on any atom is 0.586 e. The number of halogens is 2. The van der Waals surface area contributed by atoms with Gasteiger partial charge in [0.1, 0.15) is 18.0 Å². The molecule has 0 bridgehead atoms. The molecule has 3 heterocycles. The molecule has 0 aliphatic carbocycles. The molecule has 0 radical (unpaired) electrons. The average molecular weight is 534 g/mol. The van der Waals surface area contributed by atoms with Gasteiger partial charge in [0.25, 0.3) is 11.8 Å². The Morgan fingerprint density at radius 2 is 1.77 bits per heavy atom. The fourth-order valence-corrected chi connectivity index (χ4v) is 5.09. The normalized spacial score (nSPS) is 16.4. The maximum atomic E-state index is 13.5. The van der Waals surface area contributed by atoms with Crippen molar-refractivity contribution in [1.82, 2.24) is 14.8 Å². The number of hydrogen-bond donors (Lipinski definition) is 1. The van der Waals surface area contributed by atoms with Crippen LogP contribution in [0.15, 0.2) is 72.8 Å². The zero-order chi connectivity index (χ0) is 27.1. The third-order valence-electron chi connectivity index (χ3n) is 6.92. The molecule has 10 heteroatoms. The first-order valence-electron chi connectivity index (χ1n) is 12.5. The number of carbonyl (C=O) groups is 2. The first kappa shape index (κ1) is 24.9. The van der Waals surface area contributed by atoms with E-state index in [-0.39, 0.29) is 42.4 Å². The Morgan fingerprint density at radius 1 is 0.974 bits per heavy atom. The van der Waals surface area contributed by atoms with Crippen LogP contribution in [0.5, 0.6) is 17.2 Å². The first-order valence-corrected chi connectivity index (χ1v) is 12.5. The molecule has 200 valence electrons. The van der Waals surface area contributed by atoms with E-state index in [1.807, 2.05) is 30.3 Å². The van der Waals surface area contributed by atoms with Crippen LogP contribution in [0.1, 0.15) is 26.4 Å². The number of aromatic nitrogens is 1. The number of fused-ring (bicyclic) bond motifs is 4. The molecule has 6 rings (SSSR count). The van der Waals surface area contributed by atoms with Gasteiger partial charge in [0.05, 0.1) is 12.6 Å². The molecule has 1 amide bonds. The number of nitrogens with one attached hydrogen (secondary N) is 1. The monoisotopic (exact) mass is 533 g/mol. The van der Waals surface area contributed by atoms with E-state index >= 15 is 0 Å². The smallest absolute Gasteiger partial charge is 0.497 e. The van der Waals surface area contributed by atoms with Crippen LogP contribution in [0.2, 0.25) is 0 Å². The van der Waals surface area contributed by atoms with Gasteiger partial charge in [-0.25, -0.2) is 0 Å². The number of benzene rings is 3. The summed E-state index contributed by atoms with van der Waals surface area (Å²) in [5, 5.41) is 4.18. The lowest BCUT2D eigenvalue weighted by molar-refractivity contribution is -0.286. The van der Waals surface area contributed by atoms with Crippen LogP contribution in [0.25, 0.3) is 10.9 Å². The Hall–Kier alpha value is -4.44. The van der Waals surface area contributed by atoms with E-state index in [2.05, 4.69) is 14.8 Å². The minimum absolute atomic E-state index is 0.0185. The van der Waals surface area contributed by atoms with Gasteiger partial charge in [-0.2, -0.15) is 0 Å². The van der Waals surface area contributed by atoms with Gasteiger partial charge in [0.2, 0.25) is 0 Å². The average Bonchev–Trinajstić information content (AvgIpc) is 3.46. The van der Waals surface area contributed by atoms with Crippen molar-refractivity contribution in [3.05, 3.63) is 89.6 Å². The topological polar surface area (TPSA) is 82.0 Å². The van der Waals surface area contributed by atoms with E-state index in [1.165, 1.54) is 16.7 Å². The van der Waals surface area contributed by atoms with Gasteiger partial charge in [-0.05, 0) is 53.9 Å². The van der Waals surface area contributed by atoms with Gasteiger partial charge in [0, 0.05) is 24.5 Å². The van der Waals surface area contributed by atoms with Crippen molar-refractivity contribution in [2.75, 3.05) is 20.2 Å². The van der Waals surface area contributed by atoms with Crippen molar-refractivity contribution in [2.24, 2.45) is 0 Å². The molecule has 0 saturated heterocycles. The van der Waals surface area contributed by atoms with Crippen molar-refractivity contribution < 1.29 is 32.6 Å². The third kappa shape index (κ3) is 4.90. The summed E-state index contributed by atoms with van der Waals surface area (Å²) in [7, 11) is 1.56. The summed E-state index contributed by atoms with van der Waals surface area (Å²) in [5.41, 5.74) is 2.74. The second kappa shape index (κ2) is 9.70. The summed E-state index contributed by atoms with van der Waals surface area (Å²) in [4.78, 5) is 28.3. The van der Waals surface area contributed by atoms with Gasteiger partial charge in [-0.1, -0.05) is 36.4 Å². The summed E-state index contributed by atoms with van der Waals surface area (Å²) < 4.78 is 42.7. The third-order valence-corrected chi connectivity index (χ3v) is 6.92. The fraction of sp³-hybridized carbons (Fsp3) is 0.241. The van der Waals surface area contributed by atoms with Crippen molar-refractivity contribution in [3.8, 4) is 17.2 Å². The predicted octanol–water partition coefficient (Wildman–Crippen LogP) is 4.47. The number of carbonyl (C=O) groups excluding carboxylic acids is 2. The molecule has 4 aromatic rings. The van der Waals surface area contributed by atoms with Crippen LogP contribution in [0.3, 0.4) is 0 Å². The first-order chi connectivity index (χ1) is 18.8. The van der Waals surface area contributed by atoms with Crippen molar-refractivity contribution in [3.63, 3.8) is 0 Å². The fourth-order valence-electron chi connectivity index (χ4n) is 5.09. The molecule has 0 spiro atoms. The van der Waals surface area contributed by atoms with Crippen molar-refractivity contribution in [1.29, 1.82) is 0 Å². The van der Waals surface area contributed by atoms with Gasteiger partial charge >= 0.3 is 6.29 Å². The number of nitrogens with zero attached hydrogens (tertiary/aromatic N) is 2. The number of amides is 1. The van der Waals surface area contributed by atoms with Gasteiger partial charge in [-0.15, -0.1) is 8.78 Å². The Balaban J connectivity index is 1.23. The molecule has 0 fully saturated rings. The van der Waals surface area contributed by atoms with Crippen LogP contribution in [-0.2, 0) is 13.0 Å². The lowest BCUT2D eigenvalue weighted by Gasteiger charge is -2.31. The standard InChI is InChI=1S/C29H25F2N3O5/c1-37-22-8-9-23-20(13-22)14-24-28(36)33(17-27(35)34(23)24)16-21(11-18-5-3-2-4-6-18)32-15-19-7-10-25-26(12-19)39-29(30,31)38-25/h2-10,12-14,21,32H,11,15-17H2,1H3/t21-/m0/s1. The molecule has 8 nitrogen and oxygen atoms in total. The number of hydrogen-bond acceptors (Lipinski definition) is 6. The number of alkyl halides is 2. The Labute approximate surface area is 222 Å². The van der Waals surface area contributed by atoms with E-state index in [0.29, 0.717) is 35.5 Å². The quantitative estimate of drug-likeness (QED) is 0.360. The van der Waals surface area contributed by atoms with E-state index in [0.717, 1.165) is 10.9 Å². The van der Waals surface area contributed by atoms with E-state index in [1.54, 1.807) is 42.3 Å². The lowest BCUT2D eigenvalue weighted by atomic mass is 10.0. The molecular weight excluding hydrogens is 508 g/mol. The highest BCUT2D eigenvalue weighted by molar-refractivity contribution is 6.09. The molecule has 1 N–H and O–H groups in total. The second-order valence-electron chi connectivity index (χ2n) is 9.59. The van der Waals surface area contributed by atoms with Crippen LogP contribution in [0, 0.1) is 0 Å². The zero-order valence-electron chi connectivity index (χ0n) is 21.0. The largest absolute Gasteiger partial charge is 0.586 e. The molecule has 0 unspecified atom stereocenters. The summed E-state index contributed by atoms with van der Waals surface area (Å²) in [6.07, 6.45) is -3.10. The highest BCUT2D eigenvalue weighted by atomic mass is 19.3. The Kier molecular flexibility index (Phi) is 6.19. The highest BCUT2D eigenvalue weighted by Crippen LogP contribution is 2.41. The van der Waals surface area contributed by atoms with Crippen molar-refractivity contribution >= 4 is 22.7 Å². The van der Waals surface area contributed by atoms with E-state index < -0.39 is 6.29 Å². The Bertz CT molecular complexity index is 1570. The molecule has 1 aromatic heterocycles. The summed E-state index contributed by atoms with van der Waals surface area (Å²) >= 11 is 0. The lowest BCUT2D eigenvalue weighted by Crippen LogP contribution is -2.50. The van der Waals surface area contributed by atoms with Gasteiger partial charge in [0.15, 0.2) is 11.5 Å². The maximum absolute atomic E-state index is 13.5. The minimum atomic E-state index is -3.68. The van der Waals surface area contributed by atoms with Crippen LogP contribution >= 0.6 is 0 Å². The summed E-state index contributed by atoms with van der Waals surface area (Å²) in [6, 6.07) is 21.2. The zero-order valence-corrected chi connectivity index (χ0v) is 21.0. The SMILES string of the molecule is COc1ccc2c(c1)cc1n2C(=O)CN(C[C@H](Cc2ccccc2)NCc2ccc3c(c2)OC(F)(F)O3)C1=O. The van der Waals surface area contributed by atoms with Gasteiger partial charge < -0.3 is 24.4 Å². The predicted molar refractivity (Wildman–Crippen MR) is 138 cm³/mol. The number of ether oxygens (including phenoxy) is 3. The van der Waals surface area contributed by atoms with Gasteiger partial charge in [-0.3, -0.25) is 14.2 Å². The number of rotatable bonds is 8. The Morgan fingerprint density at radius 3 is 2.56 bits per heavy atom. The molecule has 0 saturated carbocycles. The molecule has 3 aromatic carbocycles. The molecule has 39 heavy (non-hydrogen) atoms. The molecule has 2 aliphatic heterocycles. The van der Waals surface area contributed by atoms with Crippen LogP contribution in [0.4, 0.5) is 8.78 Å². The second-order valence-corrected chi connectivity index (χ2v) is 9.59.